The number of carbonyl (C=O) groups excluding carboxylic acids is 2. The molecule has 0 radical (unpaired) electrons. The van der Waals surface area contributed by atoms with Gasteiger partial charge < -0.3 is 9.47 Å². The molecule has 1 heterocycles. The van der Waals surface area contributed by atoms with Gasteiger partial charge in [0.2, 0.25) is 5.76 Å². The van der Waals surface area contributed by atoms with Crippen LogP contribution in [0.2, 0.25) is 0 Å². The van der Waals surface area contributed by atoms with Crippen molar-refractivity contribution in [3.63, 3.8) is 0 Å². The molecule has 0 amide bonds. The predicted molar refractivity (Wildman–Crippen MR) is 73.6 cm³/mol. The van der Waals surface area contributed by atoms with Gasteiger partial charge in [0.15, 0.2) is 0 Å². The zero-order valence-electron chi connectivity index (χ0n) is 11.7. The van der Waals surface area contributed by atoms with Crippen LogP contribution in [0, 0.1) is 11.8 Å². The van der Waals surface area contributed by atoms with E-state index in [0.717, 1.165) is 5.56 Å². The third kappa shape index (κ3) is 3.26. The maximum Gasteiger partial charge on any atom is 0.374 e. The fraction of sp³-hybridized carbons (Fsp3) is 0.375. The number of esters is 2. The topological polar surface area (TPSA) is 52.6 Å². The number of hydrogen-bond donors (Lipinski definition) is 0. The second-order valence-electron chi connectivity index (χ2n) is 4.83. The number of allylic oxidation sites excluding steroid dienone is 1. The lowest BCUT2D eigenvalue weighted by molar-refractivity contribution is -0.156. The molecule has 2 rings (SSSR count). The van der Waals surface area contributed by atoms with E-state index in [1.807, 2.05) is 37.3 Å². The highest BCUT2D eigenvalue weighted by Gasteiger charge is 2.33. The smallest absolute Gasteiger partial charge is 0.374 e. The standard InChI is InChI=1S/C16H18O4/c1-3-19-16(18)14-9-11(2)13(15(17)20-14)10-12-7-5-4-6-8-12/h4-9,11,13H,3,10H2,1-2H3/t11-,13-/m0/s1. The number of ether oxygens (including phenoxy) is 2. The van der Waals surface area contributed by atoms with Crippen molar-refractivity contribution < 1.29 is 19.1 Å². The van der Waals surface area contributed by atoms with E-state index in [9.17, 15) is 9.59 Å². The summed E-state index contributed by atoms with van der Waals surface area (Å²) in [5, 5.41) is 0. The van der Waals surface area contributed by atoms with E-state index < -0.39 is 5.97 Å². The molecular weight excluding hydrogens is 256 g/mol. The first kappa shape index (κ1) is 14.3. The molecule has 1 aromatic rings. The van der Waals surface area contributed by atoms with Crippen molar-refractivity contribution in [1.29, 1.82) is 0 Å². The van der Waals surface area contributed by atoms with E-state index in [2.05, 4.69) is 0 Å². The minimum Gasteiger partial charge on any atom is -0.460 e. The Hall–Kier alpha value is -2.10. The summed E-state index contributed by atoms with van der Waals surface area (Å²) in [7, 11) is 0. The molecule has 0 N–H and O–H groups in total. The van der Waals surface area contributed by atoms with Crippen LogP contribution in [0.15, 0.2) is 42.2 Å². The average Bonchev–Trinajstić information content (AvgIpc) is 2.44. The van der Waals surface area contributed by atoms with E-state index in [1.165, 1.54) is 0 Å². The first-order chi connectivity index (χ1) is 9.61. The second kappa shape index (κ2) is 6.37. The van der Waals surface area contributed by atoms with Gasteiger partial charge in [-0.3, -0.25) is 4.79 Å². The molecule has 0 aliphatic carbocycles. The SMILES string of the molecule is CCOC(=O)C1=C[C@H](C)[C@H](Cc2ccccc2)C(=O)O1. The van der Waals surface area contributed by atoms with Crippen LogP contribution in [-0.2, 0) is 25.5 Å². The van der Waals surface area contributed by atoms with Gasteiger partial charge in [0.25, 0.3) is 0 Å². The van der Waals surface area contributed by atoms with Gasteiger partial charge in [-0.15, -0.1) is 0 Å². The van der Waals surface area contributed by atoms with Crippen LogP contribution in [0.5, 0.6) is 0 Å². The fourth-order valence-corrected chi connectivity index (χ4v) is 2.24. The molecule has 0 saturated heterocycles. The molecule has 0 fully saturated rings. The molecule has 0 spiro atoms. The number of carbonyl (C=O) groups is 2. The Bertz CT molecular complexity index is 519. The van der Waals surface area contributed by atoms with Gasteiger partial charge in [0.05, 0.1) is 12.5 Å². The van der Waals surface area contributed by atoms with Crippen molar-refractivity contribution in [3.8, 4) is 0 Å². The lowest BCUT2D eigenvalue weighted by atomic mass is 9.86. The normalized spacial score (nSPS) is 21.9. The number of cyclic esters (lactones) is 1. The van der Waals surface area contributed by atoms with Crippen molar-refractivity contribution in [2.75, 3.05) is 6.61 Å². The van der Waals surface area contributed by atoms with Gasteiger partial charge in [-0.25, -0.2) is 4.79 Å². The van der Waals surface area contributed by atoms with Crippen LogP contribution in [0.3, 0.4) is 0 Å². The molecule has 20 heavy (non-hydrogen) atoms. The Kier molecular flexibility index (Phi) is 4.56. The quantitative estimate of drug-likeness (QED) is 0.791. The van der Waals surface area contributed by atoms with E-state index in [4.69, 9.17) is 9.47 Å². The van der Waals surface area contributed by atoms with E-state index in [-0.39, 0.29) is 30.2 Å². The largest absolute Gasteiger partial charge is 0.460 e. The predicted octanol–water partition coefficient (Wildman–Crippen LogP) is 2.49. The number of hydrogen-bond acceptors (Lipinski definition) is 4. The van der Waals surface area contributed by atoms with Crippen LogP contribution in [-0.4, -0.2) is 18.5 Å². The Morgan fingerprint density at radius 2 is 2.00 bits per heavy atom. The van der Waals surface area contributed by atoms with Crippen LogP contribution in [0.4, 0.5) is 0 Å². The van der Waals surface area contributed by atoms with Gasteiger partial charge in [-0.2, -0.15) is 0 Å². The van der Waals surface area contributed by atoms with Gasteiger partial charge >= 0.3 is 11.9 Å². The molecule has 106 valence electrons. The Balaban J connectivity index is 2.10. The summed E-state index contributed by atoms with van der Waals surface area (Å²) in [5.41, 5.74) is 1.08. The maximum absolute atomic E-state index is 12.1. The highest BCUT2D eigenvalue weighted by atomic mass is 16.6. The molecule has 2 atom stereocenters. The Labute approximate surface area is 118 Å². The average molecular weight is 274 g/mol. The first-order valence-electron chi connectivity index (χ1n) is 6.76. The van der Waals surface area contributed by atoms with E-state index in [1.54, 1.807) is 13.0 Å². The van der Waals surface area contributed by atoms with Crippen molar-refractivity contribution in [2.45, 2.75) is 20.3 Å². The van der Waals surface area contributed by atoms with Gasteiger partial charge in [0.1, 0.15) is 0 Å². The highest BCUT2D eigenvalue weighted by Crippen LogP contribution is 2.27. The van der Waals surface area contributed by atoms with Crippen molar-refractivity contribution in [3.05, 3.63) is 47.7 Å². The van der Waals surface area contributed by atoms with Crippen molar-refractivity contribution in [2.24, 2.45) is 11.8 Å². The molecule has 0 bridgehead atoms. The van der Waals surface area contributed by atoms with Crippen LogP contribution < -0.4 is 0 Å². The van der Waals surface area contributed by atoms with Crippen LogP contribution in [0.1, 0.15) is 19.4 Å². The summed E-state index contributed by atoms with van der Waals surface area (Å²) in [4.78, 5) is 23.6. The zero-order valence-corrected chi connectivity index (χ0v) is 11.7. The maximum atomic E-state index is 12.1. The molecule has 1 aliphatic rings. The summed E-state index contributed by atoms with van der Waals surface area (Å²) >= 11 is 0. The molecule has 0 aromatic heterocycles. The second-order valence-corrected chi connectivity index (χ2v) is 4.83. The Morgan fingerprint density at radius 3 is 2.60 bits per heavy atom. The van der Waals surface area contributed by atoms with E-state index in [0.29, 0.717) is 6.42 Å². The van der Waals surface area contributed by atoms with Gasteiger partial charge in [-0.1, -0.05) is 37.3 Å². The number of rotatable bonds is 4. The summed E-state index contributed by atoms with van der Waals surface area (Å²) in [6.07, 6.45) is 2.28. The molecular formula is C16H18O4. The van der Waals surface area contributed by atoms with Crippen LogP contribution >= 0.6 is 0 Å². The molecule has 0 unspecified atom stereocenters. The zero-order chi connectivity index (χ0) is 14.5. The minimum atomic E-state index is -0.578. The van der Waals surface area contributed by atoms with Crippen LogP contribution in [0.25, 0.3) is 0 Å². The van der Waals surface area contributed by atoms with Crippen molar-refractivity contribution in [1.82, 2.24) is 0 Å². The molecule has 0 saturated carbocycles. The molecule has 4 heteroatoms. The summed E-state index contributed by atoms with van der Waals surface area (Å²) in [6.45, 7) is 3.88. The summed E-state index contributed by atoms with van der Waals surface area (Å²) in [5.74, 6) is -1.27. The third-order valence-electron chi connectivity index (χ3n) is 3.34. The first-order valence-corrected chi connectivity index (χ1v) is 6.76. The molecule has 1 aliphatic heterocycles. The summed E-state index contributed by atoms with van der Waals surface area (Å²) in [6, 6.07) is 9.77. The molecule has 4 nitrogen and oxygen atoms in total. The molecule has 1 aromatic carbocycles. The monoisotopic (exact) mass is 274 g/mol. The van der Waals surface area contributed by atoms with Gasteiger partial charge in [-0.05, 0) is 30.9 Å². The summed E-state index contributed by atoms with van der Waals surface area (Å²) < 4.78 is 9.95. The lowest BCUT2D eigenvalue weighted by Crippen LogP contribution is -2.32. The number of benzene rings is 1. The van der Waals surface area contributed by atoms with Crippen molar-refractivity contribution >= 4 is 11.9 Å². The lowest BCUT2D eigenvalue weighted by Gasteiger charge is -2.25. The minimum absolute atomic E-state index is 0.00802. The van der Waals surface area contributed by atoms with E-state index >= 15 is 0 Å². The third-order valence-corrected chi connectivity index (χ3v) is 3.34. The Morgan fingerprint density at radius 1 is 1.30 bits per heavy atom. The highest BCUT2D eigenvalue weighted by molar-refractivity contribution is 5.91. The van der Waals surface area contributed by atoms with Gasteiger partial charge in [0, 0.05) is 0 Å². The fourth-order valence-electron chi connectivity index (χ4n) is 2.24.